The van der Waals surface area contributed by atoms with Crippen molar-refractivity contribution in [1.29, 1.82) is 0 Å². The predicted molar refractivity (Wildman–Crippen MR) is 72.7 cm³/mol. The van der Waals surface area contributed by atoms with Gasteiger partial charge >= 0.3 is 6.09 Å². The molecule has 0 aromatic carbocycles. The van der Waals surface area contributed by atoms with E-state index in [1.165, 1.54) is 4.88 Å². The molecule has 0 spiro atoms. The molecule has 2 rings (SSSR count). The van der Waals surface area contributed by atoms with Crippen molar-refractivity contribution in [2.75, 3.05) is 0 Å². The number of amides is 1. The summed E-state index contributed by atoms with van der Waals surface area (Å²) in [5, 5.41) is 8.36. The van der Waals surface area contributed by atoms with Gasteiger partial charge in [-0.1, -0.05) is 6.07 Å². The number of hydrogen-bond acceptors (Lipinski definition) is 4. The second kappa shape index (κ2) is 5.28. The fourth-order valence-electron chi connectivity index (χ4n) is 1.68. The van der Waals surface area contributed by atoms with Gasteiger partial charge in [0.15, 0.2) is 0 Å². The molecule has 1 aromatic heterocycles. The summed E-state index contributed by atoms with van der Waals surface area (Å²) >= 11 is 1.74. The number of hydrogen-bond donors (Lipinski definition) is 2. The van der Waals surface area contributed by atoms with Gasteiger partial charge in [-0.2, -0.15) is 0 Å². The summed E-state index contributed by atoms with van der Waals surface area (Å²) in [7, 11) is 0. The van der Waals surface area contributed by atoms with Gasteiger partial charge in [0.25, 0.3) is 0 Å². The van der Waals surface area contributed by atoms with E-state index in [0.717, 1.165) is 13.0 Å². The molecule has 1 saturated carbocycles. The lowest BCUT2D eigenvalue weighted by Gasteiger charge is -2.19. The van der Waals surface area contributed by atoms with E-state index < -0.39 is 5.60 Å². The van der Waals surface area contributed by atoms with Crippen LogP contribution in [0.5, 0.6) is 0 Å². The van der Waals surface area contributed by atoms with Crippen LogP contribution in [0.4, 0.5) is 4.79 Å². The average Bonchev–Trinajstić information content (AvgIpc) is 2.76. The van der Waals surface area contributed by atoms with Gasteiger partial charge in [-0.15, -0.1) is 11.3 Å². The Balaban J connectivity index is 1.64. The summed E-state index contributed by atoms with van der Waals surface area (Å²) in [5.74, 6) is 0. The van der Waals surface area contributed by atoms with Gasteiger partial charge in [0, 0.05) is 23.5 Å². The Bertz CT molecular complexity index is 398. The molecular weight excluding hydrogens is 248 g/mol. The minimum atomic E-state index is -0.432. The Morgan fingerprint density at radius 3 is 2.89 bits per heavy atom. The molecule has 0 saturated heterocycles. The monoisotopic (exact) mass is 268 g/mol. The Labute approximate surface area is 112 Å². The lowest BCUT2D eigenvalue weighted by atomic mass is 10.2. The topological polar surface area (TPSA) is 50.4 Å². The maximum atomic E-state index is 11.5. The van der Waals surface area contributed by atoms with Gasteiger partial charge in [-0.05, 0) is 38.6 Å². The van der Waals surface area contributed by atoms with Crippen molar-refractivity contribution < 1.29 is 9.53 Å². The number of carbonyl (C=O) groups is 1. The Morgan fingerprint density at radius 2 is 2.28 bits per heavy atom. The van der Waals surface area contributed by atoms with Crippen LogP contribution < -0.4 is 10.6 Å². The van der Waals surface area contributed by atoms with Gasteiger partial charge in [0.2, 0.25) is 0 Å². The molecule has 1 heterocycles. The van der Waals surface area contributed by atoms with Crippen LogP contribution in [0.1, 0.15) is 32.1 Å². The van der Waals surface area contributed by atoms with Gasteiger partial charge in [-0.3, -0.25) is 0 Å². The number of carbonyl (C=O) groups excluding carboxylic acids is 1. The zero-order valence-corrected chi connectivity index (χ0v) is 11.8. The highest BCUT2D eigenvalue weighted by Crippen LogP contribution is 2.23. The summed E-state index contributed by atoms with van der Waals surface area (Å²) in [5.41, 5.74) is -0.432. The lowest BCUT2D eigenvalue weighted by Crippen LogP contribution is -2.36. The first-order valence-electron chi connectivity index (χ1n) is 6.19. The van der Waals surface area contributed by atoms with Crippen LogP contribution in [0.2, 0.25) is 0 Å². The van der Waals surface area contributed by atoms with E-state index in [0.29, 0.717) is 6.04 Å². The van der Waals surface area contributed by atoms with Gasteiger partial charge < -0.3 is 15.4 Å². The Hall–Kier alpha value is -1.07. The third kappa shape index (κ3) is 4.31. The minimum Gasteiger partial charge on any atom is -0.444 e. The normalized spacial score (nSPS) is 22.6. The van der Waals surface area contributed by atoms with Crippen LogP contribution in [-0.2, 0) is 11.3 Å². The molecule has 2 N–H and O–H groups in total. The van der Waals surface area contributed by atoms with Gasteiger partial charge in [-0.25, -0.2) is 4.79 Å². The first kappa shape index (κ1) is 13.4. The molecule has 4 nitrogen and oxygen atoms in total. The standard InChI is InChI=1S/C13H20N2O2S/c1-13(2,3)17-12(16)15-11-7-10(11)14-8-9-5-4-6-18-9/h4-6,10-11,14H,7-8H2,1-3H3,(H,15,16). The third-order valence-corrected chi connectivity index (χ3v) is 3.49. The van der Waals surface area contributed by atoms with E-state index in [1.807, 2.05) is 26.8 Å². The molecule has 1 aromatic rings. The lowest BCUT2D eigenvalue weighted by molar-refractivity contribution is 0.0522. The number of alkyl carbamates (subject to hydrolysis) is 1. The first-order chi connectivity index (χ1) is 8.44. The summed E-state index contributed by atoms with van der Waals surface area (Å²) < 4.78 is 5.21. The quantitative estimate of drug-likeness (QED) is 0.882. The molecule has 100 valence electrons. The van der Waals surface area contributed by atoms with Gasteiger partial charge in [0.1, 0.15) is 5.60 Å². The fraction of sp³-hybridized carbons (Fsp3) is 0.615. The van der Waals surface area contributed by atoms with E-state index in [4.69, 9.17) is 4.74 Å². The van der Waals surface area contributed by atoms with E-state index in [-0.39, 0.29) is 12.1 Å². The third-order valence-electron chi connectivity index (χ3n) is 2.61. The molecule has 1 aliphatic rings. The molecule has 0 bridgehead atoms. The molecule has 1 aliphatic carbocycles. The second-order valence-corrected chi connectivity index (χ2v) is 6.59. The molecular formula is C13H20N2O2S. The van der Waals surface area contributed by atoms with Crippen molar-refractivity contribution >= 4 is 17.4 Å². The first-order valence-corrected chi connectivity index (χ1v) is 7.07. The molecule has 1 amide bonds. The molecule has 1 fully saturated rings. The maximum absolute atomic E-state index is 11.5. The summed E-state index contributed by atoms with van der Waals surface area (Å²) in [6.07, 6.45) is 0.651. The smallest absolute Gasteiger partial charge is 0.407 e. The van der Waals surface area contributed by atoms with Crippen LogP contribution in [0.15, 0.2) is 17.5 Å². The van der Waals surface area contributed by atoms with Crippen LogP contribution in [0.25, 0.3) is 0 Å². The van der Waals surface area contributed by atoms with Crippen molar-refractivity contribution in [3.8, 4) is 0 Å². The fourth-order valence-corrected chi connectivity index (χ4v) is 2.34. The van der Waals surface area contributed by atoms with Crippen LogP contribution >= 0.6 is 11.3 Å². The number of nitrogens with one attached hydrogen (secondary N) is 2. The van der Waals surface area contributed by atoms with Crippen molar-refractivity contribution in [2.45, 2.75) is 51.4 Å². The molecule has 0 radical (unpaired) electrons. The molecule has 18 heavy (non-hydrogen) atoms. The number of thiophene rings is 1. The highest BCUT2D eigenvalue weighted by molar-refractivity contribution is 7.09. The predicted octanol–water partition coefficient (Wildman–Crippen LogP) is 2.50. The molecule has 2 atom stereocenters. The van der Waals surface area contributed by atoms with E-state index in [9.17, 15) is 4.79 Å². The van der Waals surface area contributed by atoms with E-state index >= 15 is 0 Å². The highest BCUT2D eigenvalue weighted by Gasteiger charge is 2.38. The van der Waals surface area contributed by atoms with E-state index in [1.54, 1.807) is 11.3 Å². The van der Waals surface area contributed by atoms with Crippen LogP contribution in [0.3, 0.4) is 0 Å². The SMILES string of the molecule is CC(C)(C)OC(=O)NC1CC1NCc1cccs1. The average molecular weight is 268 g/mol. The van der Waals surface area contributed by atoms with Gasteiger partial charge in [0.05, 0.1) is 0 Å². The van der Waals surface area contributed by atoms with Crippen molar-refractivity contribution in [3.63, 3.8) is 0 Å². The van der Waals surface area contributed by atoms with Crippen molar-refractivity contribution in [3.05, 3.63) is 22.4 Å². The van der Waals surface area contributed by atoms with Crippen LogP contribution in [0, 0.1) is 0 Å². The molecule has 0 aliphatic heterocycles. The van der Waals surface area contributed by atoms with E-state index in [2.05, 4.69) is 22.1 Å². The summed E-state index contributed by atoms with van der Waals surface area (Å²) in [6, 6.07) is 4.74. The second-order valence-electron chi connectivity index (χ2n) is 5.56. The number of ether oxygens (including phenoxy) is 1. The number of rotatable bonds is 4. The summed E-state index contributed by atoms with van der Waals surface area (Å²) in [6.45, 7) is 6.47. The van der Waals surface area contributed by atoms with Crippen molar-refractivity contribution in [2.24, 2.45) is 0 Å². The zero-order valence-electron chi connectivity index (χ0n) is 11.0. The molecule has 5 heteroatoms. The maximum Gasteiger partial charge on any atom is 0.407 e. The Morgan fingerprint density at radius 1 is 1.50 bits per heavy atom. The van der Waals surface area contributed by atoms with Crippen molar-refractivity contribution in [1.82, 2.24) is 10.6 Å². The summed E-state index contributed by atoms with van der Waals surface area (Å²) in [4.78, 5) is 12.8. The highest BCUT2D eigenvalue weighted by atomic mass is 32.1. The largest absolute Gasteiger partial charge is 0.444 e. The zero-order chi connectivity index (χ0) is 13.2. The minimum absolute atomic E-state index is 0.208. The molecule has 2 unspecified atom stereocenters. The Kier molecular flexibility index (Phi) is 3.92. The van der Waals surface area contributed by atoms with Crippen LogP contribution in [-0.4, -0.2) is 23.8 Å².